The Morgan fingerprint density at radius 2 is 1.85 bits per heavy atom. The number of carbonyl (C=O) groups excluding carboxylic acids is 1. The van der Waals surface area contributed by atoms with Crippen LogP contribution in [0.25, 0.3) is 0 Å². The molecule has 3 nitrogen and oxygen atoms in total. The molecule has 1 amide bonds. The zero-order valence-corrected chi connectivity index (χ0v) is 12.5. The third-order valence-corrected chi connectivity index (χ3v) is 4.00. The van der Waals surface area contributed by atoms with Crippen LogP contribution < -0.4 is 11.1 Å². The van der Waals surface area contributed by atoms with Crippen molar-refractivity contribution in [2.45, 2.75) is 23.6 Å². The number of hydrogen-bond acceptors (Lipinski definition) is 3. The van der Waals surface area contributed by atoms with E-state index in [1.54, 1.807) is 11.8 Å². The Labute approximate surface area is 123 Å². The second kappa shape index (κ2) is 6.59. The molecule has 0 bridgehead atoms. The summed E-state index contributed by atoms with van der Waals surface area (Å²) in [7, 11) is 0. The maximum Gasteiger partial charge on any atom is 0.238 e. The Morgan fingerprint density at radius 3 is 2.55 bits per heavy atom. The summed E-state index contributed by atoms with van der Waals surface area (Å²) < 4.78 is 0. The average molecular weight is 286 g/mol. The predicted octanol–water partition coefficient (Wildman–Crippen LogP) is 3.35. The van der Waals surface area contributed by atoms with Gasteiger partial charge in [0.2, 0.25) is 5.91 Å². The lowest BCUT2D eigenvalue weighted by Crippen LogP contribution is -2.21. The van der Waals surface area contributed by atoms with E-state index < -0.39 is 0 Å². The molecule has 0 aliphatic heterocycles. The van der Waals surface area contributed by atoms with Crippen LogP contribution in [-0.4, -0.2) is 12.5 Å². The van der Waals surface area contributed by atoms with Crippen LogP contribution >= 0.6 is 11.8 Å². The highest BCUT2D eigenvalue weighted by atomic mass is 32.2. The molecule has 0 spiro atoms. The zero-order chi connectivity index (χ0) is 14.5. The molecule has 0 radical (unpaired) electrons. The molecule has 0 heterocycles. The number of benzene rings is 2. The molecule has 0 saturated carbocycles. The van der Waals surface area contributed by atoms with Crippen molar-refractivity contribution in [1.29, 1.82) is 0 Å². The molecule has 20 heavy (non-hydrogen) atoms. The van der Waals surface area contributed by atoms with Crippen molar-refractivity contribution in [3.8, 4) is 0 Å². The summed E-state index contributed by atoms with van der Waals surface area (Å²) >= 11 is 1.68. The number of carbonyl (C=O) groups is 1. The Morgan fingerprint density at radius 1 is 1.10 bits per heavy atom. The monoisotopic (exact) mass is 286 g/mol. The highest BCUT2D eigenvalue weighted by Crippen LogP contribution is 2.30. The fourth-order valence-electron chi connectivity index (χ4n) is 1.76. The minimum Gasteiger partial charge on any atom is -0.325 e. The standard InChI is InChI=1S/C16H18N2OS/c1-11-6-7-15(8-12(11)2)20-14-5-3-4-13(9-14)18-16(19)10-17/h3-9H,10,17H2,1-2H3,(H,18,19). The summed E-state index contributed by atoms with van der Waals surface area (Å²) in [6, 6.07) is 14.2. The summed E-state index contributed by atoms with van der Waals surface area (Å²) in [6.07, 6.45) is 0. The molecule has 2 rings (SSSR count). The smallest absolute Gasteiger partial charge is 0.238 e. The van der Waals surface area contributed by atoms with Crippen LogP contribution in [0, 0.1) is 13.8 Å². The quantitative estimate of drug-likeness (QED) is 0.906. The first-order valence-electron chi connectivity index (χ1n) is 6.43. The molecule has 3 N–H and O–H groups in total. The van der Waals surface area contributed by atoms with E-state index in [0.717, 1.165) is 10.6 Å². The van der Waals surface area contributed by atoms with Crippen LogP contribution in [0.3, 0.4) is 0 Å². The summed E-state index contributed by atoms with van der Waals surface area (Å²) in [4.78, 5) is 13.6. The van der Waals surface area contributed by atoms with Gasteiger partial charge in [0.25, 0.3) is 0 Å². The van der Waals surface area contributed by atoms with Gasteiger partial charge in [0.1, 0.15) is 0 Å². The van der Waals surface area contributed by atoms with Gasteiger partial charge >= 0.3 is 0 Å². The molecule has 2 aromatic rings. The fourth-order valence-corrected chi connectivity index (χ4v) is 2.74. The average Bonchev–Trinajstić information content (AvgIpc) is 2.43. The van der Waals surface area contributed by atoms with Crippen LogP contribution in [0.1, 0.15) is 11.1 Å². The minimum atomic E-state index is -0.182. The number of aryl methyl sites for hydroxylation is 2. The van der Waals surface area contributed by atoms with Gasteiger partial charge < -0.3 is 11.1 Å². The molecule has 0 fully saturated rings. The molecule has 2 aromatic carbocycles. The van der Waals surface area contributed by atoms with E-state index in [0.29, 0.717) is 0 Å². The molecule has 104 valence electrons. The molecule has 0 unspecified atom stereocenters. The van der Waals surface area contributed by atoms with Crippen LogP contribution in [0.2, 0.25) is 0 Å². The van der Waals surface area contributed by atoms with Crippen LogP contribution in [0.4, 0.5) is 5.69 Å². The van der Waals surface area contributed by atoms with E-state index in [1.807, 2.05) is 24.3 Å². The summed E-state index contributed by atoms with van der Waals surface area (Å²) in [6.45, 7) is 4.21. The van der Waals surface area contributed by atoms with Gasteiger partial charge in [-0.05, 0) is 55.3 Å². The van der Waals surface area contributed by atoms with Gasteiger partial charge in [-0.25, -0.2) is 0 Å². The van der Waals surface area contributed by atoms with Crippen molar-refractivity contribution in [2.75, 3.05) is 11.9 Å². The van der Waals surface area contributed by atoms with E-state index in [4.69, 9.17) is 5.73 Å². The maximum absolute atomic E-state index is 11.3. The van der Waals surface area contributed by atoms with E-state index >= 15 is 0 Å². The normalized spacial score (nSPS) is 10.3. The Hall–Kier alpha value is -1.78. The van der Waals surface area contributed by atoms with Gasteiger partial charge in [-0.3, -0.25) is 4.79 Å². The third kappa shape index (κ3) is 3.85. The third-order valence-electron chi connectivity index (χ3n) is 3.02. The summed E-state index contributed by atoms with van der Waals surface area (Å²) in [5.41, 5.74) is 8.64. The maximum atomic E-state index is 11.3. The van der Waals surface area contributed by atoms with Crippen molar-refractivity contribution in [3.63, 3.8) is 0 Å². The number of amides is 1. The highest BCUT2D eigenvalue weighted by molar-refractivity contribution is 7.99. The number of rotatable bonds is 4. The lowest BCUT2D eigenvalue weighted by atomic mass is 10.1. The van der Waals surface area contributed by atoms with Gasteiger partial charge in [-0.1, -0.05) is 23.9 Å². The first-order valence-corrected chi connectivity index (χ1v) is 7.25. The van der Waals surface area contributed by atoms with Gasteiger partial charge in [-0.15, -0.1) is 0 Å². The Bertz CT molecular complexity index is 626. The molecule has 0 saturated heterocycles. The van der Waals surface area contributed by atoms with Crippen molar-refractivity contribution in [1.82, 2.24) is 0 Å². The van der Waals surface area contributed by atoms with Gasteiger partial charge in [0.05, 0.1) is 6.54 Å². The van der Waals surface area contributed by atoms with E-state index in [9.17, 15) is 4.79 Å². The summed E-state index contributed by atoms with van der Waals surface area (Å²) in [5, 5.41) is 2.76. The zero-order valence-electron chi connectivity index (χ0n) is 11.6. The van der Waals surface area contributed by atoms with Gasteiger partial charge in [0, 0.05) is 15.5 Å². The lowest BCUT2D eigenvalue weighted by molar-refractivity contribution is -0.114. The van der Waals surface area contributed by atoms with Crippen molar-refractivity contribution >= 4 is 23.4 Å². The fraction of sp³-hybridized carbons (Fsp3) is 0.188. The van der Waals surface area contributed by atoms with E-state index in [1.165, 1.54) is 16.0 Å². The van der Waals surface area contributed by atoms with Gasteiger partial charge in [0.15, 0.2) is 0 Å². The minimum absolute atomic E-state index is 0.00543. The number of hydrogen-bond donors (Lipinski definition) is 2. The number of nitrogens with two attached hydrogens (primary N) is 1. The van der Waals surface area contributed by atoms with Crippen LogP contribution in [-0.2, 0) is 4.79 Å². The second-order valence-electron chi connectivity index (χ2n) is 4.63. The number of nitrogens with one attached hydrogen (secondary N) is 1. The Kier molecular flexibility index (Phi) is 4.82. The lowest BCUT2D eigenvalue weighted by Gasteiger charge is -2.08. The highest BCUT2D eigenvalue weighted by Gasteiger charge is 2.03. The molecule has 0 atom stereocenters. The molecule has 0 aliphatic rings. The first-order chi connectivity index (χ1) is 9.58. The van der Waals surface area contributed by atoms with Crippen LogP contribution in [0.15, 0.2) is 52.3 Å². The Balaban J connectivity index is 2.14. The van der Waals surface area contributed by atoms with Gasteiger partial charge in [-0.2, -0.15) is 0 Å². The van der Waals surface area contributed by atoms with Crippen LogP contribution in [0.5, 0.6) is 0 Å². The molecular weight excluding hydrogens is 268 g/mol. The predicted molar refractivity (Wildman–Crippen MR) is 84.2 cm³/mol. The summed E-state index contributed by atoms with van der Waals surface area (Å²) in [5.74, 6) is -0.182. The molecule has 0 aliphatic carbocycles. The molecule has 0 aromatic heterocycles. The topological polar surface area (TPSA) is 55.1 Å². The molecule has 4 heteroatoms. The second-order valence-corrected chi connectivity index (χ2v) is 5.78. The van der Waals surface area contributed by atoms with Crippen molar-refractivity contribution < 1.29 is 4.79 Å². The van der Waals surface area contributed by atoms with E-state index in [2.05, 4.69) is 37.4 Å². The number of anilines is 1. The van der Waals surface area contributed by atoms with Crippen molar-refractivity contribution in [2.24, 2.45) is 5.73 Å². The first kappa shape index (κ1) is 14.6. The SMILES string of the molecule is Cc1ccc(Sc2cccc(NC(=O)CN)c2)cc1C. The van der Waals surface area contributed by atoms with Crippen molar-refractivity contribution in [3.05, 3.63) is 53.6 Å². The largest absolute Gasteiger partial charge is 0.325 e. The molecular formula is C16H18N2OS. The van der Waals surface area contributed by atoms with E-state index in [-0.39, 0.29) is 12.5 Å².